The van der Waals surface area contributed by atoms with E-state index >= 15 is 0 Å². The molecule has 1 saturated heterocycles. The Hall–Kier alpha value is -2.14. The molecule has 1 aromatic heterocycles. The molecule has 1 N–H and O–H groups in total. The van der Waals surface area contributed by atoms with Crippen LogP contribution < -0.4 is 0 Å². The van der Waals surface area contributed by atoms with Crippen molar-refractivity contribution in [3.63, 3.8) is 0 Å². The second-order valence-electron chi connectivity index (χ2n) is 7.49. The third kappa shape index (κ3) is 3.21. The van der Waals surface area contributed by atoms with Crippen LogP contribution in [-0.4, -0.2) is 37.6 Å². The molecule has 1 spiro atoms. The fourth-order valence-electron chi connectivity index (χ4n) is 4.32. The molecule has 1 aromatic carbocycles. The van der Waals surface area contributed by atoms with E-state index in [0.29, 0.717) is 6.54 Å². The Morgan fingerprint density at radius 3 is 2.68 bits per heavy atom. The molecule has 1 aliphatic carbocycles. The van der Waals surface area contributed by atoms with E-state index in [2.05, 4.69) is 38.7 Å². The summed E-state index contributed by atoms with van der Waals surface area (Å²) in [7, 11) is 0. The van der Waals surface area contributed by atoms with Crippen LogP contribution in [0.1, 0.15) is 43.5 Å². The number of piperidine rings is 1. The quantitative estimate of drug-likeness (QED) is 0.909. The van der Waals surface area contributed by atoms with Crippen molar-refractivity contribution >= 4 is 5.97 Å². The van der Waals surface area contributed by atoms with Gasteiger partial charge in [-0.2, -0.15) is 0 Å². The minimum atomic E-state index is -0.660. The van der Waals surface area contributed by atoms with Crippen molar-refractivity contribution in [1.82, 2.24) is 14.5 Å². The number of benzene rings is 1. The summed E-state index contributed by atoms with van der Waals surface area (Å²) < 4.78 is 2.19. The van der Waals surface area contributed by atoms with Gasteiger partial charge in [0.05, 0.1) is 12.5 Å². The van der Waals surface area contributed by atoms with E-state index in [1.165, 1.54) is 24.8 Å². The Morgan fingerprint density at radius 1 is 1.20 bits per heavy atom. The van der Waals surface area contributed by atoms with Crippen LogP contribution in [-0.2, 0) is 17.9 Å². The van der Waals surface area contributed by atoms with E-state index in [-0.39, 0.29) is 11.5 Å². The molecule has 4 rings (SSSR count). The van der Waals surface area contributed by atoms with Crippen LogP contribution in [0.2, 0.25) is 0 Å². The number of hydrogen-bond donors (Lipinski definition) is 1. The van der Waals surface area contributed by atoms with Crippen LogP contribution in [0, 0.1) is 5.92 Å². The lowest BCUT2D eigenvalue weighted by atomic mass is 9.68. The number of likely N-dealkylation sites (tertiary alicyclic amines) is 1. The number of carboxylic acids is 1. The summed E-state index contributed by atoms with van der Waals surface area (Å²) in [6.45, 7) is 2.19. The predicted molar refractivity (Wildman–Crippen MR) is 95.1 cm³/mol. The monoisotopic (exact) mass is 339 g/mol. The van der Waals surface area contributed by atoms with Gasteiger partial charge in [0.2, 0.25) is 0 Å². The third-order valence-corrected chi connectivity index (χ3v) is 6.03. The van der Waals surface area contributed by atoms with Gasteiger partial charge in [-0.15, -0.1) is 0 Å². The number of aromatic nitrogens is 2. The molecule has 5 heteroatoms. The normalized spacial score (nSPS) is 22.6. The SMILES string of the molecule is O=C(O)C1CCC2(CCC2)N(Cc2nccn2Cc2ccccc2)C1. The molecule has 25 heavy (non-hydrogen) atoms. The molecule has 5 nitrogen and oxygen atoms in total. The van der Waals surface area contributed by atoms with Crippen molar-refractivity contribution in [2.75, 3.05) is 6.54 Å². The van der Waals surface area contributed by atoms with Gasteiger partial charge in [0.25, 0.3) is 0 Å². The van der Waals surface area contributed by atoms with Crippen LogP contribution in [0.15, 0.2) is 42.7 Å². The second kappa shape index (κ2) is 6.64. The van der Waals surface area contributed by atoms with E-state index in [9.17, 15) is 9.90 Å². The lowest BCUT2D eigenvalue weighted by Gasteiger charge is -2.54. The van der Waals surface area contributed by atoms with E-state index in [1.54, 1.807) is 0 Å². The van der Waals surface area contributed by atoms with E-state index in [1.807, 2.05) is 18.5 Å². The molecule has 2 aliphatic rings. The zero-order valence-electron chi connectivity index (χ0n) is 14.5. The van der Waals surface area contributed by atoms with E-state index in [4.69, 9.17) is 0 Å². The van der Waals surface area contributed by atoms with Gasteiger partial charge in [0, 0.05) is 31.0 Å². The largest absolute Gasteiger partial charge is 0.481 e. The molecule has 1 aliphatic heterocycles. The van der Waals surface area contributed by atoms with Gasteiger partial charge >= 0.3 is 5.97 Å². The predicted octanol–water partition coefficient (Wildman–Crippen LogP) is 3.15. The second-order valence-corrected chi connectivity index (χ2v) is 7.49. The van der Waals surface area contributed by atoms with Crippen molar-refractivity contribution in [2.45, 2.75) is 50.7 Å². The topological polar surface area (TPSA) is 58.4 Å². The van der Waals surface area contributed by atoms with Gasteiger partial charge in [0.1, 0.15) is 5.82 Å². The Labute approximate surface area is 148 Å². The van der Waals surface area contributed by atoms with Gasteiger partial charge in [-0.05, 0) is 37.7 Å². The molecular weight excluding hydrogens is 314 g/mol. The fourth-order valence-corrected chi connectivity index (χ4v) is 4.32. The molecule has 2 fully saturated rings. The first-order valence-corrected chi connectivity index (χ1v) is 9.18. The first-order chi connectivity index (χ1) is 12.2. The lowest BCUT2D eigenvalue weighted by molar-refractivity contribution is -0.147. The maximum atomic E-state index is 11.5. The molecular formula is C20H25N3O2. The minimum Gasteiger partial charge on any atom is -0.481 e. The Morgan fingerprint density at radius 2 is 2.00 bits per heavy atom. The van der Waals surface area contributed by atoms with Gasteiger partial charge in [-0.25, -0.2) is 4.98 Å². The smallest absolute Gasteiger partial charge is 0.307 e. The maximum absolute atomic E-state index is 11.5. The highest BCUT2D eigenvalue weighted by Gasteiger charge is 2.47. The summed E-state index contributed by atoms with van der Waals surface area (Å²) >= 11 is 0. The molecule has 1 unspecified atom stereocenters. The first kappa shape index (κ1) is 16.3. The summed E-state index contributed by atoms with van der Waals surface area (Å²) in [6, 6.07) is 10.4. The van der Waals surface area contributed by atoms with Crippen molar-refractivity contribution in [2.24, 2.45) is 5.92 Å². The zero-order chi connectivity index (χ0) is 17.3. The standard InChI is InChI=1S/C20H25N3O2/c24-19(25)17-7-10-20(8-4-9-20)23(14-17)15-18-21-11-12-22(18)13-16-5-2-1-3-6-16/h1-3,5-6,11-12,17H,4,7-10,13-15H2,(H,24,25). The summed E-state index contributed by atoms with van der Waals surface area (Å²) in [6.07, 6.45) is 9.33. The van der Waals surface area contributed by atoms with E-state index in [0.717, 1.165) is 31.8 Å². The molecule has 0 amide bonds. The molecule has 1 atom stereocenters. The molecule has 132 valence electrons. The molecule has 2 heterocycles. The Bertz CT molecular complexity index is 736. The summed E-state index contributed by atoms with van der Waals surface area (Å²) in [5.74, 6) is 0.122. The van der Waals surface area contributed by atoms with Gasteiger partial charge in [-0.1, -0.05) is 30.3 Å². The average molecular weight is 339 g/mol. The molecule has 2 aromatic rings. The van der Waals surface area contributed by atoms with Crippen LogP contribution in [0.5, 0.6) is 0 Å². The summed E-state index contributed by atoms with van der Waals surface area (Å²) in [4.78, 5) is 18.5. The number of imidazole rings is 1. The number of hydrogen-bond acceptors (Lipinski definition) is 3. The minimum absolute atomic E-state index is 0.218. The third-order valence-electron chi connectivity index (χ3n) is 6.03. The average Bonchev–Trinajstić information content (AvgIpc) is 3.01. The Balaban J connectivity index is 1.52. The molecule has 1 saturated carbocycles. The first-order valence-electron chi connectivity index (χ1n) is 9.18. The van der Waals surface area contributed by atoms with Gasteiger partial charge in [-0.3, -0.25) is 9.69 Å². The van der Waals surface area contributed by atoms with Crippen LogP contribution in [0.3, 0.4) is 0 Å². The summed E-state index contributed by atoms with van der Waals surface area (Å²) in [5, 5.41) is 9.44. The number of rotatable bonds is 5. The molecule has 0 radical (unpaired) electrons. The lowest BCUT2D eigenvalue weighted by Crippen LogP contribution is -2.58. The van der Waals surface area contributed by atoms with Crippen LogP contribution in [0.25, 0.3) is 0 Å². The highest BCUT2D eigenvalue weighted by molar-refractivity contribution is 5.70. The van der Waals surface area contributed by atoms with E-state index < -0.39 is 5.97 Å². The summed E-state index contributed by atoms with van der Waals surface area (Å²) in [5.41, 5.74) is 1.47. The number of aliphatic carboxylic acids is 1. The van der Waals surface area contributed by atoms with Crippen molar-refractivity contribution in [3.8, 4) is 0 Å². The van der Waals surface area contributed by atoms with Crippen molar-refractivity contribution in [3.05, 3.63) is 54.1 Å². The number of nitrogens with zero attached hydrogens (tertiary/aromatic N) is 3. The number of carbonyl (C=O) groups is 1. The molecule has 0 bridgehead atoms. The highest BCUT2D eigenvalue weighted by Crippen LogP contribution is 2.46. The number of carboxylic acid groups (broad SMARTS) is 1. The van der Waals surface area contributed by atoms with Crippen LogP contribution >= 0.6 is 0 Å². The van der Waals surface area contributed by atoms with Crippen molar-refractivity contribution in [1.29, 1.82) is 0 Å². The van der Waals surface area contributed by atoms with Gasteiger partial charge < -0.3 is 9.67 Å². The maximum Gasteiger partial charge on any atom is 0.307 e. The van der Waals surface area contributed by atoms with Gasteiger partial charge in [0.15, 0.2) is 0 Å². The van der Waals surface area contributed by atoms with Crippen LogP contribution in [0.4, 0.5) is 0 Å². The zero-order valence-corrected chi connectivity index (χ0v) is 14.5. The fraction of sp³-hybridized carbons (Fsp3) is 0.500. The Kier molecular flexibility index (Phi) is 4.34. The highest BCUT2D eigenvalue weighted by atomic mass is 16.4. The van der Waals surface area contributed by atoms with Crippen molar-refractivity contribution < 1.29 is 9.90 Å².